The molecular formula is C16H22N2O2. The lowest BCUT2D eigenvalue weighted by atomic mass is 9.79. The Morgan fingerprint density at radius 1 is 1.50 bits per heavy atom. The van der Waals surface area contributed by atoms with Crippen LogP contribution in [0, 0.1) is 10.1 Å². The fourth-order valence-electron chi connectivity index (χ4n) is 3.36. The number of hydrogen-bond donors (Lipinski definition) is 0. The van der Waals surface area contributed by atoms with E-state index in [1.807, 2.05) is 6.07 Å². The summed E-state index contributed by atoms with van der Waals surface area (Å²) in [6.07, 6.45) is 3.65. The summed E-state index contributed by atoms with van der Waals surface area (Å²) in [6.45, 7) is 9.92. The Labute approximate surface area is 120 Å². The van der Waals surface area contributed by atoms with Crippen molar-refractivity contribution in [3.63, 3.8) is 0 Å². The normalized spacial score (nSPS) is 21.0. The Bertz CT molecular complexity index is 549. The molecule has 0 aromatic heterocycles. The molecule has 1 atom stereocenters. The van der Waals surface area contributed by atoms with E-state index in [1.54, 1.807) is 6.08 Å². The summed E-state index contributed by atoms with van der Waals surface area (Å²) in [6, 6.07) is 6.13. The van der Waals surface area contributed by atoms with Gasteiger partial charge in [0.05, 0.1) is 4.92 Å². The third-order valence-corrected chi connectivity index (χ3v) is 4.11. The van der Waals surface area contributed by atoms with E-state index in [-0.39, 0.29) is 5.54 Å². The van der Waals surface area contributed by atoms with Crippen LogP contribution in [0.3, 0.4) is 0 Å². The molecule has 108 valence electrons. The van der Waals surface area contributed by atoms with Crippen molar-refractivity contribution in [2.24, 2.45) is 0 Å². The molecule has 1 aromatic carbocycles. The summed E-state index contributed by atoms with van der Waals surface area (Å²) in [5.41, 5.74) is 3.59. The van der Waals surface area contributed by atoms with Gasteiger partial charge in [0.25, 0.3) is 0 Å². The molecule has 0 spiro atoms. The standard InChI is InChI=1S/C16H22N2O2/c1-5-17-15-7-6-13(8-9-18(19)20)10-14(15)12(2)11-16(17,3)4/h6-10,12H,5,11H2,1-4H3/b9-8-/t12-/m0/s1. The fourth-order valence-corrected chi connectivity index (χ4v) is 3.36. The zero-order valence-electron chi connectivity index (χ0n) is 12.6. The van der Waals surface area contributed by atoms with Crippen LogP contribution in [-0.4, -0.2) is 17.0 Å². The van der Waals surface area contributed by atoms with E-state index < -0.39 is 4.92 Å². The molecular weight excluding hydrogens is 252 g/mol. The lowest BCUT2D eigenvalue weighted by Gasteiger charge is -2.47. The van der Waals surface area contributed by atoms with Crippen LogP contribution in [0.1, 0.15) is 51.2 Å². The third kappa shape index (κ3) is 2.69. The molecule has 0 radical (unpaired) electrons. The predicted octanol–water partition coefficient (Wildman–Crippen LogP) is 4.05. The summed E-state index contributed by atoms with van der Waals surface area (Å²) >= 11 is 0. The van der Waals surface area contributed by atoms with Gasteiger partial charge in [0.2, 0.25) is 6.20 Å². The van der Waals surface area contributed by atoms with Gasteiger partial charge >= 0.3 is 0 Å². The highest BCUT2D eigenvalue weighted by molar-refractivity contribution is 5.64. The number of hydrogen-bond acceptors (Lipinski definition) is 3. The van der Waals surface area contributed by atoms with Gasteiger partial charge in [-0.15, -0.1) is 0 Å². The van der Waals surface area contributed by atoms with Crippen LogP contribution in [0.4, 0.5) is 5.69 Å². The van der Waals surface area contributed by atoms with Crippen molar-refractivity contribution in [2.75, 3.05) is 11.4 Å². The van der Waals surface area contributed by atoms with Crippen molar-refractivity contribution in [3.05, 3.63) is 45.6 Å². The first-order valence-corrected chi connectivity index (χ1v) is 7.08. The molecule has 0 N–H and O–H groups in total. The number of nitrogens with zero attached hydrogens (tertiary/aromatic N) is 2. The van der Waals surface area contributed by atoms with Crippen LogP contribution >= 0.6 is 0 Å². The molecule has 1 aliphatic heterocycles. The smallest absolute Gasteiger partial charge is 0.235 e. The molecule has 0 saturated heterocycles. The molecule has 4 nitrogen and oxygen atoms in total. The highest BCUT2D eigenvalue weighted by Crippen LogP contribution is 2.43. The van der Waals surface area contributed by atoms with Crippen LogP contribution in [0.2, 0.25) is 0 Å². The summed E-state index contributed by atoms with van der Waals surface area (Å²) in [7, 11) is 0. The molecule has 0 fully saturated rings. The fraction of sp³-hybridized carbons (Fsp3) is 0.500. The first kappa shape index (κ1) is 14.6. The average Bonchev–Trinajstić information content (AvgIpc) is 2.36. The molecule has 0 saturated carbocycles. The molecule has 0 aliphatic carbocycles. The van der Waals surface area contributed by atoms with Crippen LogP contribution in [-0.2, 0) is 0 Å². The molecule has 0 bridgehead atoms. The molecule has 0 amide bonds. The van der Waals surface area contributed by atoms with E-state index in [2.05, 4.69) is 44.7 Å². The quantitative estimate of drug-likeness (QED) is 0.617. The Morgan fingerprint density at radius 2 is 2.20 bits per heavy atom. The highest BCUT2D eigenvalue weighted by Gasteiger charge is 2.35. The van der Waals surface area contributed by atoms with E-state index in [4.69, 9.17) is 0 Å². The van der Waals surface area contributed by atoms with Crippen molar-refractivity contribution in [1.29, 1.82) is 0 Å². The average molecular weight is 274 g/mol. The number of anilines is 1. The van der Waals surface area contributed by atoms with Crippen molar-refractivity contribution in [1.82, 2.24) is 0 Å². The van der Waals surface area contributed by atoms with Gasteiger partial charge in [-0.05, 0) is 56.4 Å². The van der Waals surface area contributed by atoms with Gasteiger partial charge in [-0.1, -0.05) is 13.0 Å². The minimum absolute atomic E-state index is 0.152. The topological polar surface area (TPSA) is 46.4 Å². The zero-order chi connectivity index (χ0) is 14.9. The van der Waals surface area contributed by atoms with Crippen LogP contribution in [0.5, 0.6) is 0 Å². The van der Waals surface area contributed by atoms with Gasteiger partial charge in [-0.25, -0.2) is 0 Å². The number of nitro groups is 1. The molecule has 4 heteroatoms. The van der Waals surface area contributed by atoms with Gasteiger partial charge in [0, 0.05) is 23.8 Å². The van der Waals surface area contributed by atoms with E-state index in [0.29, 0.717) is 5.92 Å². The van der Waals surface area contributed by atoms with Crippen LogP contribution in [0.15, 0.2) is 24.4 Å². The minimum Gasteiger partial charge on any atom is -0.366 e. The molecule has 2 rings (SSSR count). The van der Waals surface area contributed by atoms with Crippen molar-refractivity contribution < 1.29 is 4.92 Å². The molecule has 1 aliphatic rings. The first-order valence-electron chi connectivity index (χ1n) is 7.08. The number of benzene rings is 1. The highest BCUT2D eigenvalue weighted by atomic mass is 16.6. The summed E-state index contributed by atoms with van der Waals surface area (Å²) in [4.78, 5) is 12.4. The van der Waals surface area contributed by atoms with Crippen LogP contribution in [0.25, 0.3) is 6.08 Å². The summed E-state index contributed by atoms with van der Waals surface area (Å²) in [5.74, 6) is 0.465. The third-order valence-electron chi connectivity index (χ3n) is 4.11. The second-order valence-electron chi connectivity index (χ2n) is 6.08. The monoisotopic (exact) mass is 274 g/mol. The predicted molar refractivity (Wildman–Crippen MR) is 82.6 cm³/mol. The summed E-state index contributed by atoms with van der Waals surface area (Å²) in [5, 5.41) is 10.4. The van der Waals surface area contributed by atoms with Gasteiger partial charge in [-0.2, -0.15) is 0 Å². The first-order chi connectivity index (χ1) is 9.35. The largest absolute Gasteiger partial charge is 0.366 e. The maximum atomic E-state index is 10.4. The Balaban J connectivity index is 2.43. The molecule has 1 aromatic rings. The molecule has 20 heavy (non-hydrogen) atoms. The number of rotatable bonds is 3. The van der Waals surface area contributed by atoms with Gasteiger partial charge in [-0.3, -0.25) is 10.1 Å². The van der Waals surface area contributed by atoms with E-state index in [1.165, 1.54) is 11.3 Å². The van der Waals surface area contributed by atoms with Gasteiger partial charge in [0.1, 0.15) is 0 Å². The minimum atomic E-state index is -0.426. The Morgan fingerprint density at radius 3 is 2.80 bits per heavy atom. The van der Waals surface area contributed by atoms with E-state index >= 15 is 0 Å². The molecule has 0 unspecified atom stereocenters. The second-order valence-corrected chi connectivity index (χ2v) is 6.08. The van der Waals surface area contributed by atoms with Crippen molar-refractivity contribution in [2.45, 2.75) is 45.6 Å². The van der Waals surface area contributed by atoms with Crippen LogP contribution < -0.4 is 4.90 Å². The number of fused-ring (bicyclic) bond motifs is 1. The second kappa shape index (κ2) is 5.27. The maximum absolute atomic E-state index is 10.4. The van der Waals surface area contributed by atoms with E-state index in [0.717, 1.165) is 24.7 Å². The lowest BCUT2D eigenvalue weighted by molar-refractivity contribution is -0.400. The van der Waals surface area contributed by atoms with Crippen molar-refractivity contribution >= 4 is 11.8 Å². The Kier molecular flexibility index (Phi) is 3.84. The SMILES string of the molecule is CCN1c2ccc(/C=C\[N+](=O)[O-])cc2[C@@H](C)CC1(C)C. The maximum Gasteiger partial charge on any atom is 0.235 e. The molecule has 1 heterocycles. The lowest BCUT2D eigenvalue weighted by Crippen LogP contribution is -2.48. The van der Waals surface area contributed by atoms with Crippen molar-refractivity contribution in [3.8, 4) is 0 Å². The van der Waals surface area contributed by atoms with Gasteiger partial charge in [0.15, 0.2) is 0 Å². The van der Waals surface area contributed by atoms with Gasteiger partial charge < -0.3 is 4.90 Å². The van der Waals surface area contributed by atoms with E-state index in [9.17, 15) is 10.1 Å². The summed E-state index contributed by atoms with van der Waals surface area (Å²) < 4.78 is 0. The zero-order valence-corrected chi connectivity index (χ0v) is 12.6. The Hall–Kier alpha value is -1.84.